The smallest absolute Gasteiger partial charge is 0.219 e. The number of rotatable bonds is 3. The molecule has 1 aromatic rings. The van der Waals surface area contributed by atoms with Crippen molar-refractivity contribution in [3.63, 3.8) is 0 Å². The summed E-state index contributed by atoms with van der Waals surface area (Å²) in [4.78, 5) is 8.11. The Morgan fingerprint density at radius 2 is 2.19 bits per heavy atom. The molecule has 2 rings (SSSR count). The van der Waals surface area contributed by atoms with Gasteiger partial charge in [-0.25, -0.2) is 9.97 Å². The van der Waals surface area contributed by atoms with Gasteiger partial charge in [-0.15, -0.1) is 0 Å². The van der Waals surface area contributed by atoms with Crippen LogP contribution in [0, 0.1) is 6.92 Å². The van der Waals surface area contributed by atoms with Gasteiger partial charge in [0.2, 0.25) is 5.88 Å². The third-order valence-corrected chi connectivity index (χ3v) is 2.86. The Labute approximate surface area is 94.9 Å². The highest BCUT2D eigenvalue weighted by Gasteiger charge is 2.17. The van der Waals surface area contributed by atoms with Gasteiger partial charge in [0.1, 0.15) is 12.4 Å². The van der Waals surface area contributed by atoms with Gasteiger partial charge in [-0.2, -0.15) is 0 Å². The molecule has 0 aromatic carbocycles. The van der Waals surface area contributed by atoms with E-state index >= 15 is 0 Å². The molecule has 0 aliphatic carbocycles. The fourth-order valence-electron chi connectivity index (χ4n) is 1.82. The summed E-state index contributed by atoms with van der Waals surface area (Å²) in [5, 5.41) is 12.4. The maximum absolute atomic E-state index is 9.09. The second-order valence-electron chi connectivity index (χ2n) is 3.98. The van der Waals surface area contributed by atoms with Crippen molar-refractivity contribution in [3.8, 4) is 5.88 Å². The predicted molar refractivity (Wildman–Crippen MR) is 59.2 cm³/mol. The zero-order valence-electron chi connectivity index (χ0n) is 9.44. The van der Waals surface area contributed by atoms with Crippen molar-refractivity contribution in [2.45, 2.75) is 32.5 Å². The standard InChI is InChI=1S/C11H17N3O2/c1-8-10(6-15)13-7-14-11(8)16-9-2-4-12-5-3-9/h7,9,12,15H,2-6H2,1H3. The third-order valence-electron chi connectivity index (χ3n) is 2.86. The summed E-state index contributed by atoms with van der Waals surface area (Å²) in [5.74, 6) is 0.603. The summed E-state index contributed by atoms with van der Waals surface area (Å²) in [6.45, 7) is 3.78. The first-order chi connectivity index (χ1) is 7.81. The number of nitrogens with zero attached hydrogens (tertiary/aromatic N) is 2. The van der Waals surface area contributed by atoms with Crippen molar-refractivity contribution < 1.29 is 9.84 Å². The molecular weight excluding hydrogens is 206 g/mol. The number of aromatic nitrogens is 2. The Morgan fingerprint density at radius 1 is 1.44 bits per heavy atom. The Bertz CT molecular complexity index is 351. The number of ether oxygens (including phenoxy) is 1. The van der Waals surface area contributed by atoms with Crippen LogP contribution in [0.15, 0.2) is 6.33 Å². The molecule has 1 aromatic heterocycles. The Morgan fingerprint density at radius 3 is 2.88 bits per heavy atom. The van der Waals surface area contributed by atoms with E-state index in [4.69, 9.17) is 9.84 Å². The minimum Gasteiger partial charge on any atom is -0.474 e. The Hall–Kier alpha value is -1.20. The van der Waals surface area contributed by atoms with Crippen LogP contribution in [0.4, 0.5) is 0 Å². The van der Waals surface area contributed by atoms with Crippen LogP contribution in [0.1, 0.15) is 24.1 Å². The van der Waals surface area contributed by atoms with Gasteiger partial charge in [0.15, 0.2) is 0 Å². The minimum absolute atomic E-state index is 0.0725. The summed E-state index contributed by atoms with van der Waals surface area (Å²) in [5.41, 5.74) is 1.47. The number of hydrogen-bond acceptors (Lipinski definition) is 5. The second-order valence-corrected chi connectivity index (χ2v) is 3.98. The molecule has 1 aliphatic rings. The molecule has 1 saturated heterocycles. The number of hydrogen-bond donors (Lipinski definition) is 2. The van der Waals surface area contributed by atoms with Crippen LogP contribution >= 0.6 is 0 Å². The van der Waals surface area contributed by atoms with Crippen LogP contribution in [0.25, 0.3) is 0 Å². The van der Waals surface area contributed by atoms with Crippen LogP contribution < -0.4 is 10.1 Å². The molecule has 0 spiro atoms. The monoisotopic (exact) mass is 223 g/mol. The maximum atomic E-state index is 9.09. The topological polar surface area (TPSA) is 67.3 Å². The number of piperidine rings is 1. The van der Waals surface area contributed by atoms with E-state index in [1.807, 2.05) is 6.92 Å². The number of nitrogens with one attached hydrogen (secondary N) is 1. The molecule has 5 heteroatoms. The highest BCUT2D eigenvalue weighted by Crippen LogP contribution is 2.20. The molecule has 1 aliphatic heterocycles. The predicted octanol–water partition coefficient (Wildman–Crippen LogP) is 0.408. The summed E-state index contributed by atoms with van der Waals surface area (Å²) >= 11 is 0. The van der Waals surface area contributed by atoms with E-state index in [1.54, 1.807) is 0 Å². The lowest BCUT2D eigenvalue weighted by Crippen LogP contribution is -2.34. The molecule has 0 radical (unpaired) electrons. The summed E-state index contributed by atoms with van der Waals surface area (Å²) in [7, 11) is 0. The molecular formula is C11H17N3O2. The number of aliphatic hydroxyl groups excluding tert-OH is 1. The molecule has 0 bridgehead atoms. The van der Waals surface area contributed by atoms with Gasteiger partial charge in [0.25, 0.3) is 0 Å². The van der Waals surface area contributed by atoms with Gasteiger partial charge < -0.3 is 15.2 Å². The molecule has 0 amide bonds. The van der Waals surface area contributed by atoms with E-state index in [1.165, 1.54) is 6.33 Å². The van der Waals surface area contributed by atoms with Gasteiger partial charge in [0, 0.05) is 5.56 Å². The maximum Gasteiger partial charge on any atom is 0.219 e. The molecule has 5 nitrogen and oxygen atoms in total. The van der Waals surface area contributed by atoms with Gasteiger partial charge >= 0.3 is 0 Å². The summed E-state index contributed by atoms with van der Waals surface area (Å²) < 4.78 is 5.83. The van der Waals surface area contributed by atoms with Gasteiger partial charge in [0.05, 0.1) is 12.3 Å². The van der Waals surface area contributed by atoms with Crippen LogP contribution in [0.2, 0.25) is 0 Å². The SMILES string of the molecule is Cc1c(CO)ncnc1OC1CCNCC1. The molecule has 0 unspecified atom stereocenters. The lowest BCUT2D eigenvalue weighted by molar-refractivity contribution is 0.153. The van der Waals surface area contributed by atoms with Crippen molar-refractivity contribution in [1.29, 1.82) is 0 Å². The molecule has 2 N–H and O–H groups in total. The lowest BCUT2D eigenvalue weighted by atomic mass is 10.1. The first-order valence-electron chi connectivity index (χ1n) is 5.60. The fourth-order valence-corrected chi connectivity index (χ4v) is 1.82. The van der Waals surface area contributed by atoms with E-state index in [0.29, 0.717) is 11.6 Å². The van der Waals surface area contributed by atoms with E-state index in [-0.39, 0.29) is 12.7 Å². The van der Waals surface area contributed by atoms with Gasteiger partial charge in [-0.05, 0) is 32.9 Å². The average Bonchev–Trinajstić information content (AvgIpc) is 2.33. The quantitative estimate of drug-likeness (QED) is 0.776. The fraction of sp³-hybridized carbons (Fsp3) is 0.636. The van der Waals surface area contributed by atoms with Crippen LogP contribution in [0.3, 0.4) is 0 Å². The van der Waals surface area contributed by atoms with Crippen molar-refractivity contribution in [1.82, 2.24) is 15.3 Å². The van der Waals surface area contributed by atoms with Crippen molar-refractivity contribution >= 4 is 0 Å². The zero-order valence-corrected chi connectivity index (χ0v) is 9.44. The Balaban J connectivity index is 2.08. The largest absolute Gasteiger partial charge is 0.474 e. The lowest BCUT2D eigenvalue weighted by Gasteiger charge is -2.24. The summed E-state index contributed by atoms with van der Waals surface area (Å²) in [6.07, 6.45) is 3.66. The molecule has 0 atom stereocenters. The van der Waals surface area contributed by atoms with Crippen LogP contribution in [0.5, 0.6) is 5.88 Å². The summed E-state index contributed by atoms with van der Waals surface area (Å²) in [6, 6.07) is 0. The average molecular weight is 223 g/mol. The van der Waals surface area contributed by atoms with Crippen LogP contribution in [-0.4, -0.2) is 34.3 Å². The van der Waals surface area contributed by atoms with E-state index < -0.39 is 0 Å². The van der Waals surface area contributed by atoms with Crippen molar-refractivity contribution in [3.05, 3.63) is 17.6 Å². The first kappa shape index (κ1) is 11.3. The normalized spacial score (nSPS) is 17.4. The third kappa shape index (κ3) is 2.48. The Kier molecular flexibility index (Phi) is 3.69. The zero-order chi connectivity index (χ0) is 11.4. The van der Waals surface area contributed by atoms with Crippen molar-refractivity contribution in [2.24, 2.45) is 0 Å². The number of aliphatic hydroxyl groups is 1. The highest BCUT2D eigenvalue weighted by molar-refractivity contribution is 5.27. The van der Waals surface area contributed by atoms with Crippen LogP contribution in [-0.2, 0) is 6.61 Å². The van der Waals surface area contributed by atoms with Gasteiger partial charge in [-0.3, -0.25) is 0 Å². The van der Waals surface area contributed by atoms with E-state index in [0.717, 1.165) is 31.5 Å². The minimum atomic E-state index is -0.0725. The molecule has 1 fully saturated rings. The molecule has 0 saturated carbocycles. The van der Waals surface area contributed by atoms with E-state index in [9.17, 15) is 0 Å². The highest BCUT2D eigenvalue weighted by atomic mass is 16.5. The first-order valence-corrected chi connectivity index (χ1v) is 5.60. The van der Waals surface area contributed by atoms with Gasteiger partial charge in [-0.1, -0.05) is 0 Å². The van der Waals surface area contributed by atoms with E-state index in [2.05, 4.69) is 15.3 Å². The molecule has 88 valence electrons. The van der Waals surface area contributed by atoms with Crippen molar-refractivity contribution in [2.75, 3.05) is 13.1 Å². The second kappa shape index (κ2) is 5.23. The molecule has 2 heterocycles. The molecule has 16 heavy (non-hydrogen) atoms.